The van der Waals surface area contributed by atoms with Gasteiger partial charge in [0.05, 0.1) is 0 Å². The Morgan fingerprint density at radius 2 is 1.59 bits per heavy atom. The number of anilines is 1. The average molecular weight is 401 g/mol. The molecule has 1 aromatic carbocycles. The number of carbonyl (C=O) groups excluding carboxylic acids is 2. The second-order valence-corrected chi connectivity index (χ2v) is 9.97. The number of nitrogens with zero attached hydrogens (tertiary/aromatic N) is 2. The summed E-state index contributed by atoms with van der Waals surface area (Å²) in [5.41, 5.74) is 3.63. The minimum absolute atomic E-state index is 0.00827. The molecule has 0 saturated carbocycles. The molecule has 0 aliphatic carbocycles. The van der Waals surface area contributed by atoms with Crippen molar-refractivity contribution in [3.8, 4) is 0 Å². The molecule has 2 aliphatic heterocycles. The van der Waals surface area contributed by atoms with E-state index in [0.717, 1.165) is 25.9 Å². The summed E-state index contributed by atoms with van der Waals surface area (Å²) in [5.74, 6) is -0.872. The third kappa shape index (κ3) is 5.10. The first-order valence-corrected chi connectivity index (χ1v) is 10.7. The number of piperazine rings is 1. The molecule has 2 aliphatic rings. The highest BCUT2D eigenvalue weighted by Crippen LogP contribution is 2.28. The number of rotatable bonds is 2. The lowest BCUT2D eigenvalue weighted by Gasteiger charge is -2.46. The maximum Gasteiger partial charge on any atom is 0.312 e. The molecular weight excluding hydrogens is 364 g/mol. The Kier molecular flexibility index (Phi) is 5.95. The van der Waals surface area contributed by atoms with Gasteiger partial charge in [0.15, 0.2) is 0 Å². The first-order valence-electron chi connectivity index (χ1n) is 10.7. The highest BCUT2D eigenvalue weighted by molar-refractivity contribution is 6.35. The summed E-state index contributed by atoms with van der Waals surface area (Å²) in [7, 11) is 0. The molecule has 2 saturated heterocycles. The van der Waals surface area contributed by atoms with Crippen molar-refractivity contribution in [2.45, 2.75) is 71.5 Å². The molecule has 0 atom stereocenters. The Balaban J connectivity index is 1.56. The van der Waals surface area contributed by atoms with Crippen molar-refractivity contribution in [3.05, 3.63) is 29.3 Å². The van der Waals surface area contributed by atoms with Crippen LogP contribution in [0.4, 0.5) is 5.69 Å². The lowest BCUT2D eigenvalue weighted by molar-refractivity contribution is -0.146. The van der Waals surface area contributed by atoms with Crippen molar-refractivity contribution < 1.29 is 9.59 Å². The fraction of sp³-hybridized carbons (Fsp3) is 0.652. The van der Waals surface area contributed by atoms with Crippen LogP contribution in [0.1, 0.15) is 51.7 Å². The van der Waals surface area contributed by atoms with Gasteiger partial charge in [-0.15, -0.1) is 0 Å². The molecule has 29 heavy (non-hydrogen) atoms. The van der Waals surface area contributed by atoms with Crippen LogP contribution in [-0.4, -0.2) is 60.0 Å². The summed E-state index contributed by atoms with van der Waals surface area (Å²) in [6, 6.07) is 6.33. The largest absolute Gasteiger partial charge is 0.368 e. The first kappa shape index (κ1) is 21.6. The van der Waals surface area contributed by atoms with E-state index in [2.05, 4.69) is 75.3 Å². The third-order valence-corrected chi connectivity index (χ3v) is 6.20. The number of hydrogen-bond acceptors (Lipinski definition) is 4. The highest BCUT2D eigenvalue weighted by Gasteiger charge is 2.39. The second kappa shape index (κ2) is 7.98. The first-order chi connectivity index (χ1) is 13.5. The maximum atomic E-state index is 12.7. The Morgan fingerprint density at radius 1 is 1.00 bits per heavy atom. The zero-order valence-electron chi connectivity index (χ0n) is 18.8. The van der Waals surface area contributed by atoms with Crippen molar-refractivity contribution in [3.63, 3.8) is 0 Å². The number of piperidine rings is 1. The van der Waals surface area contributed by atoms with E-state index < -0.39 is 11.8 Å². The minimum Gasteiger partial charge on any atom is -0.368 e. The van der Waals surface area contributed by atoms with E-state index in [0.29, 0.717) is 13.1 Å². The van der Waals surface area contributed by atoms with Gasteiger partial charge < -0.3 is 20.4 Å². The fourth-order valence-electron chi connectivity index (χ4n) is 5.04. The molecule has 0 radical (unpaired) electrons. The summed E-state index contributed by atoms with van der Waals surface area (Å²) in [5, 5.41) is 6.61. The van der Waals surface area contributed by atoms with Gasteiger partial charge in [0.25, 0.3) is 0 Å². The SMILES string of the molecule is Cc1cccc(N2CCN(C(=O)C(=O)NC3CC(C)(C)NC(C)(C)C3)CC2)c1C. The van der Waals surface area contributed by atoms with Gasteiger partial charge in [-0.05, 0) is 71.6 Å². The Morgan fingerprint density at radius 3 is 2.17 bits per heavy atom. The molecule has 6 heteroatoms. The van der Waals surface area contributed by atoms with Gasteiger partial charge in [-0.2, -0.15) is 0 Å². The summed E-state index contributed by atoms with van der Waals surface area (Å²) in [6.45, 7) is 15.5. The summed E-state index contributed by atoms with van der Waals surface area (Å²) >= 11 is 0. The number of benzene rings is 1. The van der Waals surface area contributed by atoms with Crippen molar-refractivity contribution in [2.24, 2.45) is 0 Å². The predicted octanol–water partition coefficient (Wildman–Crippen LogP) is 2.38. The molecular formula is C23H36N4O2. The minimum atomic E-state index is -0.469. The van der Waals surface area contributed by atoms with Crippen LogP contribution < -0.4 is 15.5 Å². The summed E-state index contributed by atoms with van der Waals surface area (Å²) in [6.07, 6.45) is 1.63. The Bertz CT molecular complexity index is 763. The maximum absolute atomic E-state index is 12.7. The van der Waals surface area contributed by atoms with E-state index in [1.807, 2.05) is 0 Å². The van der Waals surface area contributed by atoms with Crippen LogP contribution in [0.15, 0.2) is 18.2 Å². The molecule has 0 unspecified atom stereocenters. The molecule has 2 N–H and O–H groups in total. The lowest BCUT2D eigenvalue weighted by atomic mass is 9.79. The average Bonchev–Trinajstić information content (AvgIpc) is 2.61. The van der Waals surface area contributed by atoms with Crippen LogP contribution >= 0.6 is 0 Å². The van der Waals surface area contributed by atoms with E-state index in [-0.39, 0.29) is 17.1 Å². The molecule has 2 heterocycles. The summed E-state index contributed by atoms with van der Waals surface area (Å²) in [4.78, 5) is 29.4. The molecule has 2 fully saturated rings. The molecule has 6 nitrogen and oxygen atoms in total. The molecule has 0 bridgehead atoms. The van der Waals surface area contributed by atoms with Gasteiger partial charge in [0.2, 0.25) is 0 Å². The van der Waals surface area contributed by atoms with Gasteiger partial charge >= 0.3 is 11.8 Å². The quantitative estimate of drug-likeness (QED) is 0.748. The Hall–Kier alpha value is -2.08. The molecule has 0 aromatic heterocycles. The second-order valence-electron chi connectivity index (χ2n) is 9.97. The topological polar surface area (TPSA) is 64.7 Å². The number of amides is 2. The smallest absolute Gasteiger partial charge is 0.312 e. The van der Waals surface area contributed by atoms with Crippen LogP contribution in [0.3, 0.4) is 0 Å². The fourth-order valence-corrected chi connectivity index (χ4v) is 5.04. The highest BCUT2D eigenvalue weighted by atomic mass is 16.2. The van der Waals surface area contributed by atoms with Crippen LogP contribution in [0, 0.1) is 13.8 Å². The van der Waals surface area contributed by atoms with Crippen LogP contribution in [0.25, 0.3) is 0 Å². The van der Waals surface area contributed by atoms with Crippen LogP contribution in [0.2, 0.25) is 0 Å². The van der Waals surface area contributed by atoms with Crippen molar-refractivity contribution >= 4 is 17.5 Å². The van der Waals surface area contributed by atoms with Crippen LogP contribution in [-0.2, 0) is 9.59 Å². The molecule has 0 spiro atoms. The molecule has 2 amide bonds. The molecule has 3 rings (SSSR count). The predicted molar refractivity (Wildman–Crippen MR) is 117 cm³/mol. The van der Waals surface area contributed by atoms with E-state index in [1.54, 1.807) is 4.90 Å². The standard InChI is InChI=1S/C23H36N4O2/c1-16-8-7-9-19(17(16)2)26-10-12-27(13-11-26)21(29)20(28)24-18-14-22(3,4)25-23(5,6)15-18/h7-9,18,25H,10-15H2,1-6H3,(H,24,28). The normalized spacial score (nSPS) is 21.7. The number of hydrogen-bond donors (Lipinski definition) is 2. The summed E-state index contributed by atoms with van der Waals surface area (Å²) < 4.78 is 0. The number of aryl methyl sites for hydroxylation is 1. The van der Waals surface area contributed by atoms with Gasteiger partial charge in [-0.25, -0.2) is 0 Å². The van der Waals surface area contributed by atoms with Crippen molar-refractivity contribution in [2.75, 3.05) is 31.1 Å². The number of nitrogens with one attached hydrogen (secondary N) is 2. The van der Waals surface area contributed by atoms with E-state index in [9.17, 15) is 9.59 Å². The molecule has 1 aromatic rings. The monoisotopic (exact) mass is 400 g/mol. The number of carbonyl (C=O) groups is 2. The van der Waals surface area contributed by atoms with E-state index >= 15 is 0 Å². The van der Waals surface area contributed by atoms with Gasteiger partial charge in [-0.3, -0.25) is 9.59 Å². The zero-order chi connectivity index (χ0) is 21.4. The van der Waals surface area contributed by atoms with Crippen molar-refractivity contribution in [1.29, 1.82) is 0 Å². The third-order valence-electron chi connectivity index (χ3n) is 6.20. The molecule has 160 valence electrons. The lowest BCUT2D eigenvalue weighted by Crippen LogP contribution is -2.63. The zero-order valence-corrected chi connectivity index (χ0v) is 18.8. The van der Waals surface area contributed by atoms with E-state index in [4.69, 9.17) is 0 Å². The van der Waals surface area contributed by atoms with Crippen LogP contribution in [0.5, 0.6) is 0 Å². The van der Waals surface area contributed by atoms with Gasteiger partial charge in [0.1, 0.15) is 0 Å². The van der Waals surface area contributed by atoms with Gasteiger partial charge in [-0.1, -0.05) is 12.1 Å². The van der Waals surface area contributed by atoms with Gasteiger partial charge in [0, 0.05) is 49.0 Å². The van der Waals surface area contributed by atoms with Crippen molar-refractivity contribution in [1.82, 2.24) is 15.5 Å². The Labute approximate surface area is 175 Å². The van der Waals surface area contributed by atoms with E-state index in [1.165, 1.54) is 16.8 Å².